The fourth-order valence-electron chi connectivity index (χ4n) is 3.02. The van der Waals surface area contributed by atoms with Gasteiger partial charge in [0.1, 0.15) is 5.76 Å². The van der Waals surface area contributed by atoms with E-state index in [1.54, 1.807) is 25.1 Å². The van der Waals surface area contributed by atoms with Crippen LogP contribution in [0.25, 0.3) is 0 Å². The van der Waals surface area contributed by atoms with E-state index >= 15 is 0 Å². The average molecular weight is 401 g/mol. The number of benzene rings is 2. The summed E-state index contributed by atoms with van der Waals surface area (Å²) in [6.45, 7) is 1.75. The molecule has 8 heteroatoms. The van der Waals surface area contributed by atoms with Crippen molar-refractivity contribution in [2.75, 3.05) is 5.32 Å². The molecule has 1 atom stereocenters. The number of furan rings is 1. The largest absolute Gasteiger partial charge is 0.456 e. The Morgan fingerprint density at radius 1 is 1.13 bits per heavy atom. The number of nitrogens with zero attached hydrogens (tertiary/aromatic N) is 2. The monoisotopic (exact) mass is 401 g/mol. The van der Waals surface area contributed by atoms with Crippen LogP contribution in [0.3, 0.4) is 0 Å². The van der Waals surface area contributed by atoms with Gasteiger partial charge >= 0.3 is 0 Å². The highest BCUT2D eigenvalue weighted by atomic mass is 16.5. The second kappa shape index (κ2) is 8.04. The summed E-state index contributed by atoms with van der Waals surface area (Å²) in [4.78, 5) is 21.4. The first-order chi connectivity index (χ1) is 14.5. The average Bonchev–Trinajstić information content (AvgIpc) is 3.13. The summed E-state index contributed by atoms with van der Waals surface area (Å²) >= 11 is 0. The molecule has 4 N–H and O–H groups in total. The standard InChI is InChI=1S/C22H19N5O3/c1-13-11-12-17(29-13)19(23)30-22(24)27-20-21(28)25-16-10-6-5-9-15(16)18(26-20)14-7-3-2-4-8-14/h2-12,20,23H,1H3,(H2,24,27)(H,25,28). The molecule has 1 amide bonds. The number of carbonyl (C=O) groups excluding carboxylic acids is 1. The molecule has 2 aromatic carbocycles. The topological polar surface area (TPSA) is 126 Å². The molecule has 2 heterocycles. The van der Waals surface area contributed by atoms with E-state index in [1.165, 1.54) is 0 Å². The first kappa shape index (κ1) is 19.1. The van der Waals surface area contributed by atoms with Gasteiger partial charge in [0, 0.05) is 11.1 Å². The van der Waals surface area contributed by atoms with Gasteiger partial charge in [-0.15, -0.1) is 0 Å². The second-order valence-electron chi connectivity index (χ2n) is 6.56. The van der Waals surface area contributed by atoms with Gasteiger partial charge in [0.2, 0.25) is 6.17 Å². The van der Waals surface area contributed by atoms with Crippen LogP contribution in [0.2, 0.25) is 0 Å². The van der Waals surface area contributed by atoms with E-state index in [4.69, 9.17) is 20.3 Å². The molecule has 1 unspecified atom stereocenters. The molecule has 1 aliphatic rings. The van der Waals surface area contributed by atoms with Gasteiger partial charge in [0.15, 0.2) is 5.76 Å². The number of hydrogen-bond acceptors (Lipinski definition) is 6. The second-order valence-corrected chi connectivity index (χ2v) is 6.56. The number of nitrogens with two attached hydrogens (primary N) is 1. The van der Waals surface area contributed by atoms with Crippen LogP contribution in [0.4, 0.5) is 5.69 Å². The lowest BCUT2D eigenvalue weighted by Gasteiger charge is -2.09. The first-order valence-electron chi connectivity index (χ1n) is 9.21. The van der Waals surface area contributed by atoms with Crippen molar-refractivity contribution in [3.63, 3.8) is 0 Å². The van der Waals surface area contributed by atoms with Crippen molar-refractivity contribution in [1.29, 1.82) is 5.41 Å². The number of aliphatic imine (C=N–C) groups is 2. The van der Waals surface area contributed by atoms with Gasteiger partial charge < -0.3 is 20.2 Å². The van der Waals surface area contributed by atoms with E-state index in [1.807, 2.05) is 48.5 Å². The van der Waals surface area contributed by atoms with E-state index in [2.05, 4.69) is 15.3 Å². The van der Waals surface area contributed by atoms with E-state index < -0.39 is 12.1 Å². The first-order valence-corrected chi connectivity index (χ1v) is 9.21. The number of fused-ring (bicyclic) bond motifs is 1. The lowest BCUT2D eigenvalue weighted by molar-refractivity contribution is -0.117. The summed E-state index contributed by atoms with van der Waals surface area (Å²) in [6.07, 6.45) is -1.18. The van der Waals surface area contributed by atoms with Gasteiger partial charge in [0.05, 0.1) is 11.4 Å². The molecular formula is C22H19N5O3. The number of aryl methyl sites for hydroxylation is 1. The Morgan fingerprint density at radius 3 is 2.60 bits per heavy atom. The fourth-order valence-corrected chi connectivity index (χ4v) is 3.02. The molecule has 8 nitrogen and oxygen atoms in total. The predicted molar refractivity (Wildman–Crippen MR) is 114 cm³/mol. The Bertz CT molecular complexity index is 1160. The van der Waals surface area contributed by atoms with Crippen LogP contribution in [-0.2, 0) is 9.53 Å². The summed E-state index contributed by atoms with van der Waals surface area (Å²) in [7, 11) is 0. The highest BCUT2D eigenvalue weighted by Gasteiger charge is 2.26. The Balaban J connectivity index is 1.68. The number of nitrogens with one attached hydrogen (secondary N) is 2. The summed E-state index contributed by atoms with van der Waals surface area (Å²) < 4.78 is 10.6. The molecule has 0 radical (unpaired) electrons. The third-order valence-electron chi connectivity index (χ3n) is 4.39. The zero-order valence-electron chi connectivity index (χ0n) is 16.1. The van der Waals surface area contributed by atoms with Gasteiger partial charge in [-0.3, -0.25) is 10.2 Å². The number of amides is 1. The van der Waals surface area contributed by atoms with Crippen molar-refractivity contribution in [1.82, 2.24) is 0 Å². The number of carbonyl (C=O) groups is 1. The highest BCUT2D eigenvalue weighted by Crippen LogP contribution is 2.24. The van der Waals surface area contributed by atoms with Crippen molar-refractivity contribution in [3.05, 3.63) is 89.4 Å². The molecule has 0 saturated heterocycles. The van der Waals surface area contributed by atoms with Crippen LogP contribution in [0, 0.1) is 12.3 Å². The molecule has 1 aliphatic heterocycles. The molecule has 3 aromatic rings. The predicted octanol–water partition coefficient (Wildman–Crippen LogP) is 3.06. The summed E-state index contributed by atoms with van der Waals surface area (Å²) in [5.41, 5.74) is 8.68. The smallest absolute Gasteiger partial charge is 0.291 e. The van der Waals surface area contributed by atoms with Crippen molar-refractivity contribution >= 4 is 29.2 Å². The van der Waals surface area contributed by atoms with Crippen LogP contribution in [-0.4, -0.2) is 29.7 Å². The van der Waals surface area contributed by atoms with Crippen molar-refractivity contribution in [3.8, 4) is 0 Å². The molecule has 0 bridgehead atoms. The molecular weight excluding hydrogens is 382 g/mol. The van der Waals surface area contributed by atoms with Crippen molar-refractivity contribution in [2.24, 2.45) is 15.7 Å². The number of anilines is 1. The Hall–Kier alpha value is -4.20. The molecule has 4 rings (SSSR count). The third-order valence-corrected chi connectivity index (χ3v) is 4.39. The van der Waals surface area contributed by atoms with Crippen LogP contribution in [0.15, 0.2) is 81.1 Å². The fraction of sp³-hybridized carbons (Fsp3) is 0.0909. The van der Waals surface area contributed by atoms with Crippen LogP contribution < -0.4 is 11.1 Å². The molecule has 0 aliphatic carbocycles. The van der Waals surface area contributed by atoms with Gasteiger partial charge in [-0.25, -0.2) is 4.99 Å². The van der Waals surface area contributed by atoms with Gasteiger partial charge in [0.25, 0.3) is 17.8 Å². The van der Waals surface area contributed by atoms with E-state index in [0.717, 1.165) is 11.1 Å². The van der Waals surface area contributed by atoms with Crippen LogP contribution in [0.1, 0.15) is 22.6 Å². The van der Waals surface area contributed by atoms with Crippen molar-refractivity contribution < 1.29 is 13.9 Å². The molecule has 1 aromatic heterocycles. The summed E-state index contributed by atoms with van der Waals surface area (Å²) in [5, 5.41) is 10.8. The van der Waals surface area contributed by atoms with Gasteiger partial charge in [-0.2, -0.15) is 4.99 Å². The number of benzodiazepines with no additional fused rings is 1. The summed E-state index contributed by atoms with van der Waals surface area (Å²) in [6, 6.07) is 19.8. The molecule has 0 fully saturated rings. The van der Waals surface area contributed by atoms with Crippen molar-refractivity contribution in [2.45, 2.75) is 13.1 Å². The SMILES string of the molecule is Cc1ccc(C(=N)OC(N)=NC2N=C(c3ccccc3)c3ccccc3NC2=O)o1. The summed E-state index contributed by atoms with van der Waals surface area (Å²) in [5.74, 6) is 0.0676. The maximum Gasteiger partial charge on any atom is 0.291 e. The van der Waals surface area contributed by atoms with Crippen LogP contribution in [0.5, 0.6) is 0 Å². The van der Waals surface area contributed by atoms with Crippen LogP contribution >= 0.6 is 0 Å². The lowest BCUT2D eigenvalue weighted by atomic mass is 10.0. The molecule has 0 spiro atoms. The Morgan fingerprint density at radius 2 is 1.87 bits per heavy atom. The number of amidine groups is 1. The van der Waals surface area contributed by atoms with E-state index in [-0.39, 0.29) is 17.7 Å². The zero-order valence-corrected chi connectivity index (χ0v) is 16.1. The quantitative estimate of drug-likeness (QED) is 0.460. The minimum absolute atomic E-state index is 0.205. The minimum Gasteiger partial charge on any atom is -0.456 e. The Labute approximate surface area is 172 Å². The maximum atomic E-state index is 12.7. The van der Waals surface area contributed by atoms with Gasteiger partial charge in [-0.1, -0.05) is 48.5 Å². The highest BCUT2D eigenvalue weighted by molar-refractivity contribution is 6.19. The number of rotatable bonds is 3. The normalized spacial score (nSPS) is 16.2. The third kappa shape index (κ3) is 3.97. The zero-order chi connectivity index (χ0) is 21.1. The minimum atomic E-state index is -1.18. The number of hydrogen-bond donors (Lipinski definition) is 3. The van der Waals surface area contributed by atoms with E-state index in [0.29, 0.717) is 17.2 Å². The number of ether oxygens (including phenoxy) is 1. The Kier molecular flexibility index (Phi) is 5.13. The van der Waals surface area contributed by atoms with Gasteiger partial charge in [-0.05, 0) is 25.1 Å². The lowest BCUT2D eigenvalue weighted by Crippen LogP contribution is -2.29. The molecule has 150 valence electrons. The number of para-hydroxylation sites is 1. The molecule has 0 saturated carbocycles. The van der Waals surface area contributed by atoms with E-state index in [9.17, 15) is 4.79 Å². The maximum absolute atomic E-state index is 12.7. The molecule has 30 heavy (non-hydrogen) atoms.